The smallest absolute Gasteiger partial charge is 0.147 e. The second-order valence-electron chi connectivity index (χ2n) is 5.79. The van der Waals surface area contributed by atoms with Crippen LogP contribution in [0.4, 0.5) is 5.82 Å². The van der Waals surface area contributed by atoms with Crippen molar-refractivity contribution < 1.29 is 0 Å². The molecule has 0 amide bonds. The third kappa shape index (κ3) is 2.48. The Hall–Kier alpha value is -1.68. The van der Waals surface area contributed by atoms with Crippen LogP contribution in [0.2, 0.25) is 0 Å². The number of aryl methyl sites for hydroxylation is 1. The van der Waals surface area contributed by atoms with Gasteiger partial charge in [-0.25, -0.2) is 4.98 Å². The molecule has 4 heteroatoms. The summed E-state index contributed by atoms with van der Waals surface area (Å²) in [6, 6.07) is 4.18. The maximum atomic E-state index is 6.10. The number of hydrogen-bond acceptors (Lipinski definition) is 4. The fraction of sp³-hybridized carbons (Fsp3) is 0.500. The van der Waals surface area contributed by atoms with E-state index in [1.165, 1.54) is 24.8 Å². The Morgan fingerprint density at radius 2 is 1.95 bits per heavy atom. The lowest BCUT2D eigenvalue weighted by atomic mass is 10.0. The summed E-state index contributed by atoms with van der Waals surface area (Å²) < 4.78 is 0. The Labute approximate surface area is 120 Å². The van der Waals surface area contributed by atoms with Gasteiger partial charge in [-0.2, -0.15) is 0 Å². The van der Waals surface area contributed by atoms with Crippen LogP contribution in [0.25, 0.3) is 11.0 Å². The lowest BCUT2D eigenvalue weighted by Gasteiger charge is -2.27. The third-order valence-corrected chi connectivity index (χ3v) is 3.98. The Morgan fingerprint density at radius 3 is 2.65 bits per heavy atom. The predicted octanol–water partition coefficient (Wildman–Crippen LogP) is 2.95. The molecule has 1 saturated heterocycles. The van der Waals surface area contributed by atoms with E-state index in [1.807, 2.05) is 13.1 Å². The highest BCUT2D eigenvalue weighted by atomic mass is 15.2. The molecular formula is C16H22N4. The fourth-order valence-corrected chi connectivity index (χ4v) is 2.90. The molecule has 1 unspecified atom stereocenters. The molecule has 3 rings (SSSR count). The van der Waals surface area contributed by atoms with Gasteiger partial charge in [0.1, 0.15) is 5.82 Å². The molecule has 2 aromatic rings. The van der Waals surface area contributed by atoms with Crippen molar-refractivity contribution in [3.05, 3.63) is 29.5 Å². The molecule has 1 aromatic carbocycles. The Kier molecular flexibility index (Phi) is 3.57. The summed E-state index contributed by atoms with van der Waals surface area (Å²) in [5, 5.41) is 0. The number of aromatic nitrogens is 2. The minimum atomic E-state index is -0.0247. The zero-order valence-corrected chi connectivity index (χ0v) is 12.3. The number of fused-ring (bicyclic) bond motifs is 1. The Bertz CT molecular complexity index is 615. The highest BCUT2D eigenvalue weighted by molar-refractivity contribution is 5.80. The summed E-state index contributed by atoms with van der Waals surface area (Å²) in [5.74, 6) is 0.989. The van der Waals surface area contributed by atoms with Crippen molar-refractivity contribution in [1.29, 1.82) is 0 Å². The second kappa shape index (κ2) is 5.37. The third-order valence-electron chi connectivity index (χ3n) is 3.98. The van der Waals surface area contributed by atoms with E-state index in [0.717, 1.165) is 35.5 Å². The fourth-order valence-electron chi connectivity index (χ4n) is 2.90. The topological polar surface area (TPSA) is 55.0 Å². The molecule has 106 valence electrons. The van der Waals surface area contributed by atoms with E-state index in [9.17, 15) is 0 Å². The van der Waals surface area contributed by atoms with Gasteiger partial charge in [-0.15, -0.1) is 0 Å². The molecule has 1 aliphatic heterocycles. The van der Waals surface area contributed by atoms with Crippen molar-refractivity contribution >= 4 is 16.9 Å². The lowest BCUT2D eigenvalue weighted by Crippen LogP contribution is -2.30. The molecule has 0 bridgehead atoms. The van der Waals surface area contributed by atoms with E-state index < -0.39 is 0 Å². The molecule has 0 spiro atoms. The highest BCUT2D eigenvalue weighted by Gasteiger charge is 2.15. The highest BCUT2D eigenvalue weighted by Crippen LogP contribution is 2.25. The molecule has 1 aromatic heterocycles. The monoisotopic (exact) mass is 270 g/mol. The molecule has 0 aliphatic carbocycles. The van der Waals surface area contributed by atoms with Crippen LogP contribution in [-0.4, -0.2) is 23.1 Å². The number of piperidine rings is 1. The van der Waals surface area contributed by atoms with Crippen LogP contribution in [0.3, 0.4) is 0 Å². The number of hydrogen-bond donors (Lipinski definition) is 1. The van der Waals surface area contributed by atoms with Crippen molar-refractivity contribution in [2.24, 2.45) is 5.73 Å². The molecule has 4 nitrogen and oxygen atoms in total. The van der Waals surface area contributed by atoms with Gasteiger partial charge in [0.05, 0.1) is 17.2 Å². The van der Waals surface area contributed by atoms with Crippen molar-refractivity contribution in [3.8, 4) is 0 Å². The number of benzene rings is 1. The first-order valence-electron chi connectivity index (χ1n) is 7.43. The second-order valence-corrected chi connectivity index (χ2v) is 5.79. The number of rotatable bonds is 2. The van der Waals surface area contributed by atoms with Gasteiger partial charge < -0.3 is 10.6 Å². The Morgan fingerprint density at radius 1 is 1.20 bits per heavy atom. The standard InChI is InChI=1S/C16H22N4/c1-11-8-13(12(2)17)16-14(9-11)18-10-15(19-16)20-6-4-3-5-7-20/h8-10,12H,3-7,17H2,1-2H3. The quantitative estimate of drug-likeness (QED) is 0.911. The van der Waals surface area contributed by atoms with E-state index in [0.29, 0.717) is 0 Å². The van der Waals surface area contributed by atoms with Gasteiger partial charge in [0, 0.05) is 19.1 Å². The minimum Gasteiger partial charge on any atom is -0.355 e. The van der Waals surface area contributed by atoms with E-state index in [-0.39, 0.29) is 6.04 Å². The molecule has 0 radical (unpaired) electrons. The number of nitrogens with zero attached hydrogens (tertiary/aromatic N) is 3. The first kappa shape index (κ1) is 13.3. The van der Waals surface area contributed by atoms with Crippen molar-refractivity contribution in [3.63, 3.8) is 0 Å². The SMILES string of the molecule is Cc1cc(C(C)N)c2nc(N3CCCCC3)cnc2c1. The van der Waals surface area contributed by atoms with Gasteiger partial charge >= 0.3 is 0 Å². The van der Waals surface area contributed by atoms with Crippen LogP contribution < -0.4 is 10.6 Å². The van der Waals surface area contributed by atoms with Gasteiger partial charge in [-0.3, -0.25) is 4.98 Å². The van der Waals surface area contributed by atoms with Gasteiger partial charge in [0.25, 0.3) is 0 Å². The minimum absolute atomic E-state index is 0.0247. The van der Waals surface area contributed by atoms with Gasteiger partial charge in [0.15, 0.2) is 0 Å². The normalized spacial score (nSPS) is 17.4. The van der Waals surface area contributed by atoms with Crippen molar-refractivity contribution in [2.75, 3.05) is 18.0 Å². The molecular weight excluding hydrogens is 248 g/mol. The van der Waals surface area contributed by atoms with Crippen LogP contribution in [0.5, 0.6) is 0 Å². The van der Waals surface area contributed by atoms with Gasteiger partial charge in [-0.1, -0.05) is 6.07 Å². The van der Waals surface area contributed by atoms with E-state index in [4.69, 9.17) is 10.7 Å². The van der Waals surface area contributed by atoms with Crippen LogP contribution in [-0.2, 0) is 0 Å². The van der Waals surface area contributed by atoms with Crippen LogP contribution in [0.1, 0.15) is 43.4 Å². The first-order valence-corrected chi connectivity index (χ1v) is 7.43. The zero-order chi connectivity index (χ0) is 14.1. The van der Waals surface area contributed by atoms with Crippen molar-refractivity contribution in [2.45, 2.75) is 39.2 Å². The first-order chi connectivity index (χ1) is 9.65. The summed E-state index contributed by atoms with van der Waals surface area (Å²) in [5.41, 5.74) is 10.3. The summed E-state index contributed by atoms with van der Waals surface area (Å²) in [4.78, 5) is 11.8. The largest absolute Gasteiger partial charge is 0.355 e. The van der Waals surface area contributed by atoms with Crippen LogP contribution >= 0.6 is 0 Å². The van der Waals surface area contributed by atoms with E-state index in [1.54, 1.807) is 0 Å². The maximum Gasteiger partial charge on any atom is 0.147 e. The molecule has 2 heterocycles. The van der Waals surface area contributed by atoms with Gasteiger partial charge in [-0.05, 0) is 50.3 Å². The zero-order valence-electron chi connectivity index (χ0n) is 12.3. The predicted molar refractivity (Wildman–Crippen MR) is 82.9 cm³/mol. The van der Waals surface area contributed by atoms with Crippen LogP contribution in [0.15, 0.2) is 18.3 Å². The molecule has 0 saturated carbocycles. The Balaban J connectivity index is 2.09. The molecule has 1 aliphatic rings. The van der Waals surface area contributed by atoms with Gasteiger partial charge in [0.2, 0.25) is 0 Å². The summed E-state index contributed by atoms with van der Waals surface area (Å²) in [7, 11) is 0. The molecule has 2 N–H and O–H groups in total. The van der Waals surface area contributed by atoms with Crippen molar-refractivity contribution in [1.82, 2.24) is 9.97 Å². The average Bonchev–Trinajstić information content (AvgIpc) is 2.46. The summed E-state index contributed by atoms with van der Waals surface area (Å²) in [6.45, 7) is 6.24. The number of nitrogens with two attached hydrogens (primary N) is 1. The summed E-state index contributed by atoms with van der Waals surface area (Å²) in [6.07, 6.45) is 5.71. The van der Waals surface area contributed by atoms with E-state index >= 15 is 0 Å². The molecule has 1 atom stereocenters. The lowest BCUT2D eigenvalue weighted by molar-refractivity contribution is 0.573. The molecule has 1 fully saturated rings. The average molecular weight is 270 g/mol. The number of anilines is 1. The maximum absolute atomic E-state index is 6.10. The van der Waals surface area contributed by atoms with E-state index in [2.05, 4.69) is 28.9 Å². The molecule has 20 heavy (non-hydrogen) atoms. The summed E-state index contributed by atoms with van der Waals surface area (Å²) >= 11 is 0. The van der Waals surface area contributed by atoms with Crippen LogP contribution in [0, 0.1) is 6.92 Å².